The third-order valence-corrected chi connectivity index (χ3v) is 3.39. The lowest BCUT2D eigenvalue weighted by molar-refractivity contribution is -0.118. The Balaban J connectivity index is 2.54. The fourth-order valence-electron chi connectivity index (χ4n) is 1.21. The van der Waals surface area contributed by atoms with Crippen LogP contribution in [0.3, 0.4) is 0 Å². The van der Waals surface area contributed by atoms with Crippen molar-refractivity contribution in [2.45, 2.75) is 26.2 Å². The van der Waals surface area contributed by atoms with Crippen molar-refractivity contribution in [1.29, 1.82) is 0 Å². The maximum atomic E-state index is 11.6. The van der Waals surface area contributed by atoms with E-state index in [9.17, 15) is 9.59 Å². The van der Waals surface area contributed by atoms with Crippen LogP contribution in [0.5, 0.6) is 0 Å². The topological polar surface area (TPSA) is 60.2 Å². The van der Waals surface area contributed by atoms with Gasteiger partial charge >= 0.3 is 0 Å². The van der Waals surface area contributed by atoms with Crippen molar-refractivity contribution in [3.63, 3.8) is 0 Å². The summed E-state index contributed by atoms with van der Waals surface area (Å²) >= 11 is 7.26. The standard InChI is InChI=1S/C10H12ClNO2S/c1-6-5-7(11)10(15-6)8(13)3-2-4-9(12)14/h5H,2-4H2,1H3,(H2,12,14). The van der Waals surface area contributed by atoms with Gasteiger partial charge in [-0.2, -0.15) is 0 Å². The number of hydrogen-bond acceptors (Lipinski definition) is 3. The molecule has 5 heteroatoms. The van der Waals surface area contributed by atoms with Gasteiger partial charge in [0.15, 0.2) is 5.78 Å². The monoisotopic (exact) mass is 245 g/mol. The molecule has 3 nitrogen and oxygen atoms in total. The van der Waals surface area contributed by atoms with E-state index in [2.05, 4.69) is 0 Å². The average Bonchev–Trinajstić information content (AvgIpc) is 2.44. The number of carbonyl (C=O) groups excluding carboxylic acids is 2. The number of ketones is 1. The van der Waals surface area contributed by atoms with Crippen LogP contribution in [0.4, 0.5) is 0 Å². The van der Waals surface area contributed by atoms with Gasteiger partial charge in [-0.3, -0.25) is 9.59 Å². The van der Waals surface area contributed by atoms with Crippen LogP contribution in [0, 0.1) is 6.92 Å². The minimum Gasteiger partial charge on any atom is -0.370 e. The minimum absolute atomic E-state index is 0.0145. The van der Waals surface area contributed by atoms with Crippen LogP contribution < -0.4 is 5.73 Å². The van der Waals surface area contributed by atoms with E-state index in [0.717, 1.165) is 4.88 Å². The Kier molecular flexibility index (Phi) is 4.29. The second kappa shape index (κ2) is 5.28. The number of thiophene rings is 1. The van der Waals surface area contributed by atoms with E-state index < -0.39 is 0 Å². The van der Waals surface area contributed by atoms with E-state index in [1.165, 1.54) is 11.3 Å². The zero-order valence-corrected chi connectivity index (χ0v) is 9.95. The summed E-state index contributed by atoms with van der Waals surface area (Å²) in [6.07, 6.45) is 1.05. The van der Waals surface area contributed by atoms with Gasteiger partial charge in [-0.25, -0.2) is 0 Å². The van der Waals surface area contributed by atoms with Gasteiger partial charge in [0.25, 0.3) is 0 Å². The Labute approximate surface area is 97.2 Å². The molecule has 1 amide bonds. The molecule has 1 heterocycles. The number of amides is 1. The maximum absolute atomic E-state index is 11.6. The van der Waals surface area contributed by atoms with Crippen molar-refractivity contribution >= 4 is 34.6 Å². The lowest BCUT2D eigenvalue weighted by atomic mass is 10.1. The van der Waals surface area contributed by atoms with E-state index in [-0.39, 0.29) is 18.1 Å². The third kappa shape index (κ3) is 3.64. The predicted molar refractivity (Wildman–Crippen MR) is 61.4 cm³/mol. The molecule has 0 saturated heterocycles. The molecule has 0 fully saturated rings. The van der Waals surface area contributed by atoms with E-state index in [4.69, 9.17) is 17.3 Å². The molecule has 0 spiro atoms. The molecular formula is C10H12ClNO2S. The van der Waals surface area contributed by atoms with Crippen molar-refractivity contribution in [3.05, 3.63) is 20.8 Å². The van der Waals surface area contributed by atoms with Gasteiger partial charge < -0.3 is 5.73 Å². The first-order valence-electron chi connectivity index (χ1n) is 4.58. The highest BCUT2D eigenvalue weighted by Crippen LogP contribution is 2.27. The molecular weight excluding hydrogens is 234 g/mol. The van der Waals surface area contributed by atoms with E-state index in [1.807, 2.05) is 6.92 Å². The molecule has 0 radical (unpaired) electrons. The number of halogens is 1. The number of nitrogens with two attached hydrogens (primary N) is 1. The van der Waals surface area contributed by atoms with Gasteiger partial charge in [0.2, 0.25) is 5.91 Å². The van der Waals surface area contributed by atoms with Gasteiger partial charge in [-0.05, 0) is 19.4 Å². The first-order chi connectivity index (χ1) is 7.00. The molecule has 0 aliphatic heterocycles. The van der Waals surface area contributed by atoms with Gasteiger partial charge in [0, 0.05) is 17.7 Å². The first kappa shape index (κ1) is 12.2. The molecule has 0 atom stereocenters. The van der Waals surface area contributed by atoms with Crippen molar-refractivity contribution in [2.24, 2.45) is 5.73 Å². The molecule has 0 unspecified atom stereocenters. The smallest absolute Gasteiger partial charge is 0.217 e. The van der Waals surface area contributed by atoms with Gasteiger partial charge in [-0.15, -0.1) is 11.3 Å². The molecule has 2 N–H and O–H groups in total. The fourth-order valence-corrected chi connectivity index (χ4v) is 2.53. The summed E-state index contributed by atoms with van der Waals surface area (Å²) in [5, 5.41) is 0.501. The van der Waals surface area contributed by atoms with Gasteiger partial charge in [0.05, 0.1) is 9.90 Å². The van der Waals surface area contributed by atoms with Crippen LogP contribution >= 0.6 is 22.9 Å². The summed E-state index contributed by atoms with van der Waals surface area (Å²) in [5.41, 5.74) is 4.98. The Hall–Kier alpha value is -0.870. The molecule has 0 aliphatic carbocycles. The number of rotatable bonds is 5. The number of hydrogen-bond donors (Lipinski definition) is 1. The highest BCUT2D eigenvalue weighted by atomic mass is 35.5. The lowest BCUT2D eigenvalue weighted by Crippen LogP contribution is -2.10. The zero-order valence-electron chi connectivity index (χ0n) is 8.38. The molecule has 1 rings (SSSR count). The van der Waals surface area contributed by atoms with Crippen molar-refractivity contribution < 1.29 is 9.59 Å². The summed E-state index contributed by atoms with van der Waals surface area (Å²) in [6.45, 7) is 1.90. The van der Waals surface area contributed by atoms with Crippen LogP contribution in [0.15, 0.2) is 6.07 Å². The second-order valence-electron chi connectivity index (χ2n) is 3.28. The summed E-state index contributed by atoms with van der Waals surface area (Å²) in [7, 11) is 0. The van der Waals surface area contributed by atoms with Crippen LogP contribution in [0.1, 0.15) is 33.8 Å². The maximum Gasteiger partial charge on any atom is 0.217 e. The molecule has 0 bridgehead atoms. The second-order valence-corrected chi connectivity index (χ2v) is 4.94. The summed E-state index contributed by atoms with van der Waals surface area (Å²) in [5.74, 6) is -0.393. The Morgan fingerprint density at radius 2 is 2.13 bits per heavy atom. The van der Waals surface area contributed by atoms with Crippen LogP contribution in [0.25, 0.3) is 0 Å². The SMILES string of the molecule is Cc1cc(Cl)c(C(=O)CCCC(N)=O)s1. The number of aryl methyl sites for hydroxylation is 1. The molecule has 15 heavy (non-hydrogen) atoms. The quantitative estimate of drug-likeness (QED) is 0.811. The lowest BCUT2D eigenvalue weighted by Gasteiger charge is -1.97. The van der Waals surface area contributed by atoms with Crippen LogP contribution in [0.2, 0.25) is 5.02 Å². The van der Waals surface area contributed by atoms with E-state index >= 15 is 0 Å². The van der Waals surface area contributed by atoms with E-state index in [0.29, 0.717) is 22.7 Å². The Morgan fingerprint density at radius 3 is 2.60 bits per heavy atom. The van der Waals surface area contributed by atoms with Gasteiger partial charge in [-0.1, -0.05) is 11.6 Å². The van der Waals surface area contributed by atoms with E-state index in [1.54, 1.807) is 6.07 Å². The molecule has 1 aromatic heterocycles. The number of primary amides is 1. The normalized spacial score (nSPS) is 10.3. The van der Waals surface area contributed by atoms with Crippen molar-refractivity contribution in [2.75, 3.05) is 0 Å². The minimum atomic E-state index is -0.378. The average molecular weight is 246 g/mol. The highest BCUT2D eigenvalue weighted by molar-refractivity contribution is 7.14. The molecule has 1 aromatic rings. The molecule has 0 saturated carbocycles. The summed E-state index contributed by atoms with van der Waals surface area (Å²) < 4.78 is 0. The third-order valence-electron chi connectivity index (χ3n) is 1.89. The van der Waals surface area contributed by atoms with Crippen LogP contribution in [-0.2, 0) is 4.79 Å². The largest absolute Gasteiger partial charge is 0.370 e. The Morgan fingerprint density at radius 1 is 1.47 bits per heavy atom. The first-order valence-corrected chi connectivity index (χ1v) is 5.77. The molecule has 82 valence electrons. The Bertz CT molecular complexity index is 387. The molecule has 0 aromatic carbocycles. The number of carbonyl (C=O) groups is 2. The predicted octanol–water partition coefficient (Wildman–Crippen LogP) is 2.55. The summed E-state index contributed by atoms with van der Waals surface area (Å²) in [4.78, 5) is 23.7. The van der Waals surface area contributed by atoms with Crippen LogP contribution in [-0.4, -0.2) is 11.7 Å². The fraction of sp³-hybridized carbons (Fsp3) is 0.400. The molecule has 0 aliphatic rings. The number of Topliss-reactive ketones (excluding diaryl/α,β-unsaturated/α-hetero) is 1. The zero-order chi connectivity index (χ0) is 11.4. The highest BCUT2D eigenvalue weighted by Gasteiger charge is 2.13. The van der Waals surface area contributed by atoms with Crippen molar-refractivity contribution in [1.82, 2.24) is 0 Å². The van der Waals surface area contributed by atoms with Gasteiger partial charge in [0.1, 0.15) is 0 Å². The summed E-state index contributed by atoms with van der Waals surface area (Å²) in [6, 6.07) is 1.77. The van der Waals surface area contributed by atoms with Crippen molar-refractivity contribution in [3.8, 4) is 0 Å².